The average molecular weight is 87.1 g/mol. The van der Waals surface area contributed by atoms with Gasteiger partial charge in [-0.3, -0.25) is 0 Å². The molecule has 0 aromatic carbocycles. The van der Waals surface area contributed by atoms with Crippen molar-refractivity contribution in [2.45, 2.75) is 20.8 Å². The molecule has 0 aliphatic heterocycles. The van der Waals surface area contributed by atoms with Gasteiger partial charge in [-0.25, -0.2) is 0 Å². The summed E-state index contributed by atoms with van der Waals surface area (Å²) in [4.78, 5) is 9.83. The van der Waals surface area contributed by atoms with Crippen LogP contribution in [0.15, 0.2) is 0 Å². The van der Waals surface area contributed by atoms with Crippen molar-refractivity contribution in [2.24, 2.45) is 5.41 Å². The van der Waals surface area contributed by atoms with Crippen molar-refractivity contribution in [3.8, 4) is 0 Å². The van der Waals surface area contributed by atoms with E-state index in [9.17, 15) is 4.79 Å². The van der Waals surface area contributed by atoms with Crippen LogP contribution in [0.3, 0.4) is 0 Å². The van der Waals surface area contributed by atoms with E-state index >= 15 is 0 Å². The summed E-state index contributed by atoms with van der Waals surface area (Å²) in [5.74, 6) is 0. The summed E-state index contributed by atoms with van der Waals surface area (Å²) in [7, 11) is 0. The Morgan fingerprint density at radius 1 is 1.33 bits per heavy atom. The van der Waals surface area contributed by atoms with Crippen molar-refractivity contribution < 1.29 is 4.79 Å². The Morgan fingerprint density at radius 2 is 1.50 bits per heavy atom. The van der Waals surface area contributed by atoms with Crippen molar-refractivity contribution in [3.05, 3.63) is 0 Å². The van der Waals surface area contributed by atoms with Crippen LogP contribution in [-0.4, -0.2) is 6.29 Å². The molecule has 0 amide bonds. The van der Waals surface area contributed by atoms with Gasteiger partial charge in [0.2, 0.25) is 0 Å². The van der Waals surface area contributed by atoms with Gasteiger partial charge in [0.05, 0.1) is 0 Å². The zero-order chi connectivity index (χ0) is 5.21. The summed E-state index contributed by atoms with van der Waals surface area (Å²) in [5.41, 5.74) is -0.139. The van der Waals surface area contributed by atoms with Gasteiger partial charge in [0, 0.05) is 5.41 Å². The first-order valence-corrected chi connectivity index (χ1v) is 2.02. The van der Waals surface area contributed by atoms with Gasteiger partial charge in [0.15, 0.2) is 0 Å². The lowest BCUT2D eigenvalue weighted by molar-refractivity contribution is -0.113. The molecule has 0 fully saturated rings. The third-order valence-electron chi connectivity index (χ3n) is 0.354. The highest BCUT2D eigenvalue weighted by Crippen LogP contribution is 2.05. The summed E-state index contributed by atoms with van der Waals surface area (Å²) in [5, 5.41) is 0. The van der Waals surface area contributed by atoms with Crippen LogP contribution >= 0.6 is 0 Å². The smallest absolute Gasteiger partial charge is 0.125 e. The van der Waals surface area contributed by atoms with Crippen molar-refractivity contribution in [3.63, 3.8) is 0 Å². The van der Waals surface area contributed by atoms with Gasteiger partial charge in [0.1, 0.15) is 6.29 Å². The molecule has 0 unspecified atom stereocenters. The van der Waals surface area contributed by atoms with Crippen LogP contribution in [0.25, 0.3) is 0 Å². The fraction of sp³-hybridized carbons (Fsp3) is 0.800. The molecule has 0 aliphatic rings. The van der Waals surface area contributed by atoms with Crippen LogP contribution in [-0.2, 0) is 4.79 Å². The second-order valence-electron chi connectivity index (χ2n) is 2.48. The molecule has 36 valence electrons. The summed E-state index contributed by atoms with van der Waals surface area (Å²) in [6, 6.07) is 0. The molecule has 0 N–H and O–H groups in total. The zero-order valence-corrected chi connectivity index (χ0v) is 4.49. The Labute approximate surface area is 38.4 Å². The van der Waals surface area contributed by atoms with Crippen LogP contribution in [0.5, 0.6) is 0 Å². The van der Waals surface area contributed by atoms with E-state index < -0.39 is 0 Å². The van der Waals surface area contributed by atoms with E-state index in [0.717, 1.165) is 6.29 Å². The minimum absolute atomic E-state index is 0.139. The SMILES string of the molecule is CC(C)(C)[13CH]=O. The fourth-order valence-electron chi connectivity index (χ4n) is 0. The molecule has 6 heavy (non-hydrogen) atoms. The van der Waals surface area contributed by atoms with Gasteiger partial charge in [-0.1, -0.05) is 20.8 Å². The highest BCUT2D eigenvalue weighted by atomic mass is 16.2. The van der Waals surface area contributed by atoms with Gasteiger partial charge in [-0.05, 0) is 0 Å². The van der Waals surface area contributed by atoms with Crippen LogP contribution < -0.4 is 0 Å². The maximum atomic E-state index is 9.83. The third-order valence-corrected chi connectivity index (χ3v) is 0.354. The Bertz CT molecular complexity index is 49.4. The number of carbonyl (C=O) groups is 1. The summed E-state index contributed by atoms with van der Waals surface area (Å²) in [6.07, 6.45) is 0.938. The van der Waals surface area contributed by atoms with E-state index in [1.54, 1.807) is 0 Å². The predicted molar refractivity (Wildman–Crippen MR) is 25.5 cm³/mol. The standard InChI is InChI=1S/C5H10O/c1-5(2,3)4-6/h4H,1-3H3/i4+1. The van der Waals surface area contributed by atoms with Crippen molar-refractivity contribution in [1.29, 1.82) is 0 Å². The lowest BCUT2D eigenvalue weighted by atomic mass is 10.1. The number of aldehydes is 1. The van der Waals surface area contributed by atoms with E-state index in [0.29, 0.717) is 0 Å². The van der Waals surface area contributed by atoms with Gasteiger partial charge >= 0.3 is 0 Å². The second kappa shape index (κ2) is 1.41. The lowest BCUT2D eigenvalue weighted by Crippen LogP contribution is -2.04. The van der Waals surface area contributed by atoms with Crippen molar-refractivity contribution >= 4 is 6.29 Å². The van der Waals surface area contributed by atoms with E-state index in [2.05, 4.69) is 0 Å². The Kier molecular flexibility index (Phi) is 1.34. The molecule has 0 saturated heterocycles. The number of carbonyl (C=O) groups excluding carboxylic acids is 1. The first-order chi connectivity index (χ1) is 2.56. The first kappa shape index (κ1) is 5.67. The Balaban J connectivity index is 3.45. The molecule has 0 radical (unpaired) electrons. The van der Waals surface area contributed by atoms with Crippen LogP contribution in [0.4, 0.5) is 0 Å². The van der Waals surface area contributed by atoms with Crippen LogP contribution in [0, 0.1) is 5.41 Å². The van der Waals surface area contributed by atoms with Gasteiger partial charge in [0.25, 0.3) is 0 Å². The fourth-order valence-corrected chi connectivity index (χ4v) is 0. The van der Waals surface area contributed by atoms with E-state index in [4.69, 9.17) is 0 Å². The van der Waals surface area contributed by atoms with E-state index in [1.165, 1.54) is 0 Å². The minimum atomic E-state index is -0.139. The normalized spacial score (nSPS) is 11.2. The first-order valence-electron chi connectivity index (χ1n) is 2.02. The maximum Gasteiger partial charge on any atom is 0.125 e. The molecular weight excluding hydrogens is 77.0 g/mol. The number of rotatable bonds is 0. The quantitative estimate of drug-likeness (QED) is 0.321. The molecular formula is C5H10O. The van der Waals surface area contributed by atoms with Gasteiger partial charge in [-0.2, -0.15) is 0 Å². The molecule has 0 heterocycles. The van der Waals surface area contributed by atoms with E-state index in [1.807, 2.05) is 20.8 Å². The molecule has 1 nitrogen and oxygen atoms in total. The van der Waals surface area contributed by atoms with Gasteiger partial charge in [-0.15, -0.1) is 0 Å². The molecule has 0 aromatic heterocycles. The molecule has 0 aliphatic carbocycles. The highest BCUT2D eigenvalue weighted by molar-refractivity contribution is 5.56. The minimum Gasteiger partial charge on any atom is -0.303 e. The predicted octanol–water partition coefficient (Wildman–Crippen LogP) is 1.23. The van der Waals surface area contributed by atoms with E-state index in [-0.39, 0.29) is 5.41 Å². The summed E-state index contributed by atoms with van der Waals surface area (Å²) < 4.78 is 0. The van der Waals surface area contributed by atoms with Crippen molar-refractivity contribution in [1.82, 2.24) is 0 Å². The molecule has 0 rings (SSSR count). The molecule has 0 bridgehead atoms. The lowest BCUT2D eigenvalue weighted by Gasteiger charge is -2.03. The third kappa shape index (κ3) is 3.67. The average Bonchev–Trinajstić information content (AvgIpc) is 1.35. The molecule has 0 aromatic rings. The monoisotopic (exact) mass is 87.1 g/mol. The van der Waals surface area contributed by atoms with Crippen molar-refractivity contribution in [2.75, 3.05) is 0 Å². The largest absolute Gasteiger partial charge is 0.303 e. The Hall–Kier alpha value is -0.330. The molecule has 0 atom stereocenters. The topological polar surface area (TPSA) is 17.1 Å². The molecule has 1 heteroatoms. The molecule has 0 saturated carbocycles. The highest BCUT2D eigenvalue weighted by Gasteiger charge is 2.04. The summed E-state index contributed by atoms with van der Waals surface area (Å²) in [6.45, 7) is 5.62. The molecule has 0 spiro atoms. The Morgan fingerprint density at radius 3 is 1.50 bits per heavy atom. The van der Waals surface area contributed by atoms with Crippen LogP contribution in [0.2, 0.25) is 0 Å². The number of hydrogen-bond donors (Lipinski definition) is 0. The number of hydrogen-bond acceptors (Lipinski definition) is 1. The second-order valence-corrected chi connectivity index (χ2v) is 2.48. The van der Waals surface area contributed by atoms with Gasteiger partial charge < -0.3 is 4.79 Å². The zero-order valence-electron chi connectivity index (χ0n) is 4.49. The van der Waals surface area contributed by atoms with Crippen LogP contribution in [0.1, 0.15) is 20.8 Å². The summed E-state index contributed by atoms with van der Waals surface area (Å²) >= 11 is 0. The maximum absolute atomic E-state index is 9.83.